The fraction of sp³-hybridized carbons (Fsp3) is 0.231. The summed E-state index contributed by atoms with van der Waals surface area (Å²) in [6.07, 6.45) is 5.74. The summed E-state index contributed by atoms with van der Waals surface area (Å²) in [4.78, 5) is 20.4. The summed E-state index contributed by atoms with van der Waals surface area (Å²) < 4.78 is 0. The molecule has 0 spiro atoms. The largest absolute Gasteiger partial charge is 0.246 e. The monoisotopic (exact) mass is 407 g/mol. The van der Waals surface area contributed by atoms with Crippen molar-refractivity contribution >= 4 is 29.7 Å². The highest BCUT2D eigenvalue weighted by Crippen LogP contribution is 2.32. The van der Waals surface area contributed by atoms with Gasteiger partial charge in [0.15, 0.2) is 0 Å². The maximum Gasteiger partial charge on any atom is 0.239 e. The van der Waals surface area contributed by atoms with Crippen LogP contribution in [-0.4, -0.2) is 28.9 Å². The Morgan fingerprint density at radius 2 is 1.23 bits per heavy atom. The molecule has 0 radical (unpaired) electrons. The standard InChI is InChI=1S/C26H25N5/c1-14-7-20(8-15(2)18(14)5)23-11-22-12-24(21-9-16(3)19(6)17(4)10-21)30-26-28-13-27-25(29-23)31(22)26/h7-13H,1-6H3. The van der Waals surface area contributed by atoms with Crippen LogP contribution in [-0.2, 0) is 0 Å². The van der Waals surface area contributed by atoms with E-state index in [-0.39, 0.29) is 0 Å². The molecule has 154 valence electrons. The quantitative estimate of drug-likeness (QED) is 0.663. The maximum atomic E-state index is 4.82. The fourth-order valence-corrected chi connectivity index (χ4v) is 4.12. The van der Waals surface area contributed by atoms with Crippen LogP contribution in [0.4, 0.5) is 0 Å². The summed E-state index contributed by atoms with van der Waals surface area (Å²) in [5.74, 6) is 1.20. The van der Waals surface area contributed by atoms with Crippen LogP contribution in [0.3, 0.4) is 0 Å². The van der Waals surface area contributed by atoms with Crippen LogP contribution in [0.15, 0.2) is 62.1 Å². The molecule has 0 saturated carbocycles. The molecule has 3 heterocycles. The zero-order valence-electron chi connectivity index (χ0n) is 18.8. The first-order chi connectivity index (χ1) is 14.8. The molecular formula is C26H25N5. The van der Waals surface area contributed by atoms with E-state index in [0.717, 1.165) is 28.2 Å². The summed E-state index contributed by atoms with van der Waals surface area (Å²) >= 11 is 0. The third-order valence-electron chi connectivity index (χ3n) is 6.46. The Hall–Kier alpha value is -3.60. The van der Waals surface area contributed by atoms with E-state index in [2.05, 4.69) is 87.9 Å². The molecule has 2 aromatic rings. The SMILES string of the molecule is Cc1cc(C2=CC3=CC(c4cc(C)c(C)c(C)c4)=NC4=NC=NC(=N2)N34)cc(C)c1C. The molecule has 0 amide bonds. The number of benzene rings is 2. The number of aryl methyl sites for hydroxylation is 4. The molecule has 0 aromatic heterocycles. The van der Waals surface area contributed by atoms with Crippen LogP contribution in [0.5, 0.6) is 0 Å². The minimum atomic E-state index is 0.601. The molecule has 5 nitrogen and oxygen atoms in total. The van der Waals surface area contributed by atoms with E-state index in [1.807, 2.05) is 4.90 Å². The van der Waals surface area contributed by atoms with Crippen LogP contribution in [0.2, 0.25) is 0 Å². The first-order valence-corrected chi connectivity index (χ1v) is 10.5. The van der Waals surface area contributed by atoms with Crippen molar-refractivity contribution in [2.75, 3.05) is 0 Å². The van der Waals surface area contributed by atoms with Crippen molar-refractivity contribution in [2.24, 2.45) is 20.0 Å². The van der Waals surface area contributed by atoms with Crippen LogP contribution in [0.25, 0.3) is 5.70 Å². The van der Waals surface area contributed by atoms with Gasteiger partial charge in [-0.25, -0.2) is 24.9 Å². The predicted octanol–water partition coefficient (Wildman–Crippen LogP) is 5.33. The van der Waals surface area contributed by atoms with Crippen LogP contribution in [0, 0.1) is 41.5 Å². The van der Waals surface area contributed by atoms with Crippen molar-refractivity contribution < 1.29 is 0 Å². The lowest BCUT2D eigenvalue weighted by atomic mass is 9.96. The number of aliphatic imine (C=N–C) groups is 4. The highest BCUT2D eigenvalue weighted by atomic mass is 15.4. The average Bonchev–Trinajstić information content (AvgIpc) is 2.75. The molecule has 3 aliphatic rings. The molecular weight excluding hydrogens is 382 g/mol. The summed E-state index contributed by atoms with van der Waals surface area (Å²) in [5, 5.41) is 0. The van der Waals surface area contributed by atoms with E-state index in [9.17, 15) is 0 Å². The molecule has 2 aromatic carbocycles. The maximum absolute atomic E-state index is 4.82. The lowest BCUT2D eigenvalue weighted by Gasteiger charge is -2.31. The minimum absolute atomic E-state index is 0.601. The molecule has 0 saturated heterocycles. The Bertz CT molecular complexity index is 1230. The average molecular weight is 408 g/mol. The van der Waals surface area contributed by atoms with Gasteiger partial charge >= 0.3 is 0 Å². The lowest BCUT2D eigenvalue weighted by molar-refractivity contribution is 0.738. The van der Waals surface area contributed by atoms with Crippen LogP contribution >= 0.6 is 0 Å². The van der Waals surface area contributed by atoms with E-state index in [4.69, 9.17) is 9.98 Å². The number of nitrogens with zero attached hydrogens (tertiary/aromatic N) is 5. The van der Waals surface area contributed by atoms with Gasteiger partial charge in [-0.1, -0.05) is 0 Å². The van der Waals surface area contributed by atoms with Crippen molar-refractivity contribution in [3.05, 3.63) is 86.6 Å². The molecule has 0 fully saturated rings. The smallest absolute Gasteiger partial charge is 0.239 e. The normalized spacial score (nSPS) is 16.8. The van der Waals surface area contributed by atoms with E-state index >= 15 is 0 Å². The van der Waals surface area contributed by atoms with E-state index in [0.29, 0.717) is 11.9 Å². The van der Waals surface area contributed by atoms with Crippen molar-refractivity contribution in [1.29, 1.82) is 0 Å². The van der Waals surface area contributed by atoms with Gasteiger partial charge in [0.2, 0.25) is 11.9 Å². The van der Waals surface area contributed by atoms with Gasteiger partial charge in [0, 0.05) is 11.1 Å². The van der Waals surface area contributed by atoms with Gasteiger partial charge < -0.3 is 0 Å². The Kier molecular flexibility index (Phi) is 4.36. The Balaban J connectivity index is 1.65. The van der Waals surface area contributed by atoms with E-state index in [1.54, 1.807) is 0 Å². The van der Waals surface area contributed by atoms with Crippen molar-refractivity contribution in [2.45, 2.75) is 41.5 Å². The summed E-state index contributed by atoms with van der Waals surface area (Å²) in [6, 6.07) is 8.78. The van der Waals surface area contributed by atoms with Gasteiger partial charge in [0.1, 0.15) is 6.34 Å². The van der Waals surface area contributed by atoms with Gasteiger partial charge in [-0.3, -0.25) is 0 Å². The molecule has 0 atom stereocenters. The minimum Gasteiger partial charge on any atom is -0.246 e. The second-order valence-corrected chi connectivity index (χ2v) is 8.49. The number of guanidine groups is 2. The Morgan fingerprint density at radius 1 is 0.645 bits per heavy atom. The molecule has 5 heteroatoms. The molecule has 0 N–H and O–H groups in total. The van der Waals surface area contributed by atoms with Crippen molar-refractivity contribution in [3.8, 4) is 0 Å². The Labute approximate surface area is 183 Å². The molecule has 5 rings (SSSR count). The third-order valence-corrected chi connectivity index (χ3v) is 6.46. The molecule has 0 unspecified atom stereocenters. The number of hydrogen-bond donors (Lipinski definition) is 0. The predicted molar refractivity (Wildman–Crippen MR) is 129 cm³/mol. The number of allylic oxidation sites excluding steroid dienone is 2. The van der Waals surface area contributed by atoms with Gasteiger partial charge in [-0.15, -0.1) is 0 Å². The van der Waals surface area contributed by atoms with Crippen LogP contribution < -0.4 is 0 Å². The zero-order valence-corrected chi connectivity index (χ0v) is 18.8. The first kappa shape index (κ1) is 19.4. The third kappa shape index (κ3) is 3.17. The molecule has 3 aliphatic heterocycles. The first-order valence-electron chi connectivity index (χ1n) is 10.5. The van der Waals surface area contributed by atoms with Gasteiger partial charge in [-0.2, -0.15) is 0 Å². The zero-order chi connectivity index (χ0) is 21.9. The second-order valence-electron chi connectivity index (χ2n) is 8.49. The van der Waals surface area contributed by atoms with Gasteiger partial charge in [0.05, 0.1) is 17.1 Å². The van der Waals surface area contributed by atoms with Crippen molar-refractivity contribution in [1.82, 2.24) is 4.90 Å². The number of hydrogen-bond acceptors (Lipinski definition) is 5. The summed E-state index contributed by atoms with van der Waals surface area (Å²) in [7, 11) is 0. The summed E-state index contributed by atoms with van der Waals surface area (Å²) in [5.41, 5.74) is 12.7. The van der Waals surface area contributed by atoms with E-state index < -0.39 is 0 Å². The topological polar surface area (TPSA) is 52.7 Å². The van der Waals surface area contributed by atoms with Gasteiger partial charge in [-0.05, 0) is 111 Å². The van der Waals surface area contributed by atoms with E-state index in [1.165, 1.54) is 39.7 Å². The molecule has 31 heavy (non-hydrogen) atoms. The highest BCUT2D eigenvalue weighted by molar-refractivity contribution is 6.22. The summed E-state index contributed by atoms with van der Waals surface area (Å²) in [6.45, 7) is 12.9. The lowest BCUT2D eigenvalue weighted by Crippen LogP contribution is -2.40. The Morgan fingerprint density at radius 3 is 1.84 bits per heavy atom. The fourth-order valence-electron chi connectivity index (χ4n) is 4.12. The molecule has 0 aliphatic carbocycles. The van der Waals surface area contributed by atoms with Gasteiger partial charge in [0.25, 0.3) is 0 Å². The number of rotatable bonds is 2. The van der Waals surface area contributed by atoms with Crippen LogP contribution in [0.1, 0.15) is 44.5 Å². The van der Waals surface area contributed by atoms with Crippen molar-refractivity contribution in [3.63, 3.8) is 0 Å². The highest BCUT2D eigenvalue weighted by Gasteiger charge is 2.31. The molecule has 0 bridgehead atoms. The second kappa shape index (κ2) is 6.98.